The number of H-pyrrole nitrogens is 1. The van der Waals surface area contributed by atoms with Crippen LogP contribution in [0.2, 0.25) is 5.02 Å². The quantitative estimate of drug-likeness (QED) is 0.376. The molecule has 2 aromatic heterocycles. The summed E-state index contributed by atoms with van der Waals surface area (Å²) in [5.41, 5.74) is 4.32. The Hall–Kier alpha value is -3.09. The molecule has 0 bridgehead atoms. The van der Waals surface area contributed by atoms with Gasteiger partial charge in [0.1, 0.15) is 5.76 Å². The molecule has 5 nitrogen and oxygen atoms in total. The number of benzene rings is 2. The predicted molar refractivity (Wildman–Crippen MR) is 130 cm³/mol. The molecule has 0 radical (unpaired) electrons. The Labute approximate surface area is 190 Å². The predicted octanol–water partition coefficient (Wildman–Crippen LogP) is 5.79. The largest absolute Gasteiger partial charge is 0.467 e. The summed E-state index contributed by atoms with van der Waals surface area (Å²) in [7, 11) is 0. The van der Waals surface area contributed by atoms with Crippen LogP contribution in [0, 0.1) is 13.8 Å². The first kappa shape index (κ1) is 21.2. The summed E-state index contributed by atoms with van der Waals surface area (Å²) in [5, 5.41) is 5.29. The average molecular weight is 452 g/mol. The van der Waals surface area contributed by atoms with Crippen LogP contribution in [0.1, 0.15) is 22.5 Å². The second-order valence-electron chi connectivity index (χ2n) is 7.55. The van der Waals surface area contributed by atoms with Gasteiger partial charge in [-0.05, 0) is 79.5 Å². The van der Waals surface area contributed by atoms with Gasteiger partial charge in [0.25, 0.3) is 5.56 Å². The van der Waals surface area contributed by atoms with Gasteiger partial charge in [0.15, 0.2) is 5.11 Å². The van der Waals surface area contributed by atoms with E-state index in [1.54, 1.807) is 18.4 Å². The molecule has 2 N–H and O–H groups in total. The topological polar surface area (TPSA) is 61.3 Å². The highest BCUT2D eigenvalue weighted by molar-refractivity contribution is 7.80. The summed E-state index contributed by atoms with van der Waals surface area (Å²) < 4.78 is 5.52. The first-order valence-corrected chi connectivity index (χ1v) is 10.6. The molecule has 4 aromatic rings. The van der Waals surface area contributed by atoms with E-state index < -0.39 is 0 Å². The Morgan fingerprint density at radius 1 is 1.13 bits per heavy atom. The molecule has 0 aliphatic heterocycles. The van der Waals surface area contributed by atoms with Crippen LogP contribution in [0.4, 0.5) is 5.69 Å². The fourth-order valence-electron chi connectivity index (χ4n) is 3.61. The summed E-state index contributed by atoms with van der Waals surface area (Å²) in [6, 6.07) is 17.1. The summed E-state index contributed by atoms with van der Waals surface area (Å²) in [5.74, 6) is 0.749. The maximum absolute atomic E-state index is 12.8. The number of pyridine rings is 1. The number of nitrogens with one attached hydrogen (secondary N) is 2. The lowest BCUT2D eigenvalue weighted by atomic mass is 10.1. The van der Waals surface area contributed by atoms with Crippen molar-refractivity contribution in [3.63, 3.8) is 0 Å². The number of nitrogens with zero attached hydrogens (tertiary/aromatic N) is 1. The van der Waals surface area contributed by atoms with Gasteiger partial charge in [-0.15, -0.1) is 0 Å². The highest BCUT2D eigenvalue weighted by Gasteiger charge is 2.16. The Morgan fingerprint density at radius 3 is 2.71 bits per heavy atom. The second kappa shape index (κ2) is 8.96. The van der Waals surface area contributed by atoms with E-state index >= 15 is 0 Å². The van der Waals surface area contributed by atoms with Crippen molar-refractivity contribution >= 4 is 45.5 Å². The van der Waals surface area contributed by atoms with Crippen molar-refractivity contribution in [2.45, 2.75) is 26.9 Å². The second-order valence-corrected chi connectivity index (χ2v) is 8.37. The number of thiocarbonyl (C=S) groups is 1. The van der Waals surface area contributed by atoms with E-state index in [9.17, 15) is 4.79 Å². The van der Waals surface area contributed by atoms with Gasteiger partial charge in [0.2, 0.25) is 0 Å². The number of aryl methyl sites for hydroxylation is 2. The third-order valence-electron chi connectivity index (χ3n) is 5.02. The number of furan rings is 1. The summed E-state index contributed by atoms with van der Waals surface area (Å²) in [6.07, 6.45) is 1.62. The number of hydrogen-bond acceptors (Lipinski definition) is 3. The molecule has 0 amide bonds. The molecular weight excluding hydrogens is 430 g/mol. The summed E-state index contributed by atoms with van der Waals surface area (Å²) >= 11 is 11.8. The van der Waals surface area contributed by atoms with Crippen LogP contribution in [-0.4, -0.2) is 15.0 Å². The maximum atomic E-state index is 12.8. The number of rotatable bonds is 5. The Balaban J connectivity index is 1.66. The monoisotopic (exact) mass is 451 g/mol. The lowest BCUT2D eigenvalue weighted by molar-refractivity contribution is 0.359. The third-order valence-corrected chi connectivity index (χ3v) is 5.62. The van der Waals surface area contributed by atoms with Gasteiger partial charge >= 0.3 is 0 Å². The molecule has 0 atom stereocenters. The molecule has 0 aliphatic carbocycles. The van der Waals surface area contributed by atoms with Crippen LogP contribution < -0.4 is 10.9 Å². The van der Waals surface area contributed by atoms with Gasteiger partial charge in [-0.1, -0.05) is 29.3 Å². The minimum atomic E-state index is -0.130. The number of halogens is 1. The highest BCUT2D eigenvalue weighted by atomic mass is 35.5. The lowest BCUT2D eigenvalue weighted by Gasteiger charge is -2.25. The molecule has 158 valence electrons. The van der Waals surface area contributed by atoms with Gasteiger partial charge in [-0.2, -0.15) is 0 Å². The standard InChI is InChI=1S/C24H22ClN3O2S/c1-15-9-16(2)22-17(10-15)11-18(23(29)27-22)13-28(14-21-7-4-8-30-21)24(31)26-20-6-3-5-19(25)12-20/h3-12H,13-14H2,1-2H3,(H,26,31)(H,27,29). The van der Waals surface area contributed by atoms with Crippen LogP contribution >= 0.6 is 23.8 Å². The van der Waals surface area contributed by atoms with Crippen molar-refractivity contribution in [3.8, 4) is 0 Å². The van der Waals surface area contributed by atoms with E-state index in [1.807, 2.05) is 49.1 Å². The van der Waals surface area contributed by atoms with Crippen molar-refractivity contribution < 1.29 is 4.42 Å². The molecule has 0 saturated carbocycles. The Bertz CT molecular complexity index is 1300. The zero-order chi connectivity index (χ0) is 22.0. The molecular formula is C24H22ClN3O2S. The molecule has 7 heteroatoms. The molecule has 4 rings (SSSR count). The van der Waals surface area contributed by atoms with Crippen molar-refractivity contribution in [1.82, 2.24) is 9.88 Å². The van der Waals surface area contributed by atoms with Crippen LogP contribution in [0.25, 0.3) is 10.9 Å². The fourth-order valence-corrected chi connectivity index (χ4v) is 4.05. The minimum Gasteiger partial charge on any atom is -0.467 e. The van der Waals surface area contributed by atoms with Gasteiger partial charge in [0.05, 0.1) is 24.9 Å². The smallest absolute Gasteiger partial charge is 0.253 e. The summed E-state index contributed by atoms with van der Waals surface area (Å²) in [6.45, 7) is 4.79. The van der Waals surface area contributed by atoms with E-state index in [4.69, 9.17) is 28.2 Å². The van der Waals surface area contributed by atoms with Gasteiger partial charge in [-0.25, -0.2) is 0 Å². The zero-order valence-corrected chi connectivity index (χ0v) is 18.8. The highest BCUT2D eigenvalue weighted by Crippen LogP contribution is 2.20. The Morgan fingerprint density at radius 2 is 1.97 bits per heavy atom. The van der Waals surface area contributed by atoms with Crippen LogP contribution in [0.3, 0.4) is 0 Å². The Kier molecular flexibility index (Phi) is 6.11. The van der Waals surface area contributed by atoms with Crippen LogP contribution in [0.15, 0.2) is 70.1 Å². The minimum absolute atomic E-state index is 0.130. The first-order valence-electron chi connectivity index (χ1n) is 9.86. The fraction of sp³-hybridized carbons (Fsp3) is 0.167. The SMILES string of the molecule is Cc1cc(C)c2[nH]c(=O)c(CN(Cc3ccco3)C(=S)Nc3cccc(Cl)c3)cc2c1. The number of aromatic nitrogens is 1. The normalized spacial score (nSPS) is 10.9. The zero-order valence-electron chi connectivity index (χ0n) is 17.2. The van der Waals surface area contributed by atoms with Crippen LogP contribution in [0.5, 0.6) is 0 Å². The van der Waals surface area contributed by atoms with Gasteiger partial charge in [-0.3, -0.25) is 4.79 Å². The third kappa shape index (κ3) is 4.98. The molecule has 0 unspecified atom stereocenters. The van der Waals surface area contributed by atoms with E-state index in [1.165, 1.54) is 0 Å². The van der Waals surface area contributed by atoms with E-state index in [2.05, 4.69) is 22.4 Å². The molecule has 2 heterocycles. The maximum Gasteiger partial charge on any atom is 0.253 e. The number of fused-ring (bicyclic) bond motifs is 1. The van der Waals surface area contributed by atoms with Crippen LogP contribution in [-0.2, 0) is 13.1 Å². The van der Waals surface area contributed by atoms with E-state index in [-0.39, 0.29) is 5.56 Å². The number of aromatic amines is 1. The van der Waals surface area contributed by atoms with Crippen molar-refractivity contribution in [2.24, 2.45) is 0 Å². The van der Waals surface area contributed by atoms with Crippen molar-refractivity contribution in [2.75, 3.05) is 5.32 Å². The van der Waals surface area contributed by atoms with Crippen molar-refractivity contribution in [3.05, 3.63) is 98.7 Å². The van der Waals surface area contributed by atoms with Crippen molar-refractivity contribution in [1.29, 1.82) is 0 Å². The number of hydrogen-bond donors (Lipinski definition) is 2. The molecule has 0 saturated heterocycles. The van der Waals surface area contributed by atoms with E-state index in [0.29, 0.717) is 28.8 Å². The average Bonchev–Trinajstić information content (AvgIpc) is 3.22. The molecule has 0 fully saturated rings. The molecule has 31 heavy (non-hydrogen) atoms. The summed E-state index contributed by atoms with van der Waals surface area (Å²) in [4.78, 5) is 17.8. The molecule has 2 aromatic carbocycles. The molecule has 0 spiro atoms. The lowest BCUT2D eigenvalue weighted by Crippen LogP contribution is -2.35. The van der Waals surface area contributed by atoms with Gasteiger partial charge < -0.3 is 19.6 Å². The van der Waals surface area contributed by atoms with E-state index in [0.717, 1.165) is 33.5 Å². The first-order chi connectivity index (χ1) is 14.9. The van der Waals surface area contributed by atoms with Gasteiger partial charge in [0, 0.05) is 16.3 Å². The molecule has 0 aliphatic rings. The number of anilines is 1.